The first-order chi connectivity index (χ1) is 8.08. The molecule has 1 aromatic carbocycles. The van der Waals surface area contributed by atoms with E-state index in [0.29, 0.717) is 17.9 Å². The zero-order chi connectivity index (χ0) is 12.4. The minimum atomic E-state index is -0.434. The van der Waals surface area contributed by atoms with Crippen LogP contribution in [0.3, 0.4) is 0 Å². The monoisotopic (exact) mass is 254 g/mol. The smallest absolute Gasteiger partial charge is 0.166 e. The van der Waals surface area contributed by atoms with Crippen LogP contribution in [0, 0.1) is 5.82 Å². The largest absolute Gasteiger partial charge is 0.321 e. The molecule has 0 aliphatic rings. The number of nitrogens with two attached hydrogens (primary N) is 1. The fraction of sp³-hybridized carbons (Fsp3) is 0.273. The predicted octanol–water partition coefficient (Wildman–Crippen LogP) is 2.14. The average molecular weight is 255 g/mol. The highest BCUT2D eigenvalue weighted by molar-refractivity contribution is 6.31. The lowest BCUT2D eigenvalue weighted by Gasteiger charge is -2.04. The van der Waals surface area contributed by atoms with Crippen LogP contribution in [0.4, 0.5) is 4.39 Å². The molecular weight excluding hydrogens is 243 g/mol. The van der Waals surface area contributed by atoms with Crippen molar-refractivity contribution in [2.24, 2.45) is 5.73 Å². The van der Waals surface area contributed by atoms with Crippen molar-refractivity contribution in [3.63, 3.8) is 0 Å². The number of nitrogens with zero attached hydrogens (tertiary/aromatic N) is 3. The summed E-state index contributed by atoms with van der Waals surface area (Å²) in [6, 6.07) is 4.46. The lowest BCUT2D eigenvalue weighted by atomic mass is 10.2. The molecule has 0 amide bonds. The first kappa shape index (κ1) is 12.0. The van der Waals surface area contributed by atoms with Gasteiger partial charge in [-0.1, -0.05) is 23.7 Å². The summed E-state index contributed by atoms with van der Waals surface area (Å²) in [4.78, 5) is 4.05. The Kier molecular flexibility index (Phi) is 3.40. The third kappa shape index (κ3) is 2.62. The molecule has 2 N–H and O–H groups in total. The molecule has 1 heterocycles. The van der Waals surface area contributed by atoms with E-state index in [0.717, 1.165) is 0 Å². The molecule has 17 heavy (non-hydrogen) atoms. The Morgan fingerprint density at radius 1 is 1.53 bits per heavy atom. The summed E-state index contributed by atoms with van der Waals surface area (Å²) in [7, 11) is 0. The van der Waals surface area contributed by atoms with E-state index in [1.54, 1.807) is 30.1 Å². The Balaban J connectivity index is 2.22. The Labute approximate surface area is 103 Å². The van der Waals surface area contributed by atoms with E-state index in [1.165, 1.54) is 6.07 Å². The van der Waals surface area contributed by atoms with Crippen LogP contribution >= 0.6 is 11.6 Å². The van der Waals surface area contributed by atoms with Gasteiger partial charge >= 0.3 is 0 Å². The maximum Gasteiger partial charge on any atom is 0.166 e. The Bertz CT molecular complexity index is 524. The highest BCUT2D eigenvalue weighted by atomic mass is 35.5. The molecular formula is C11H12ClFN4. The van der Waals surface area contributed by atoms with E-state index in [1.807, 2.05) is 0 Å². The summed E-state index contributed by atoms with van der Waals surface area (Å²) >= 11 is 5.85. The summed E-state index contributed by atoms with van der Waals surface area (Å²) in [5, 5.41) is 4.29. The van der Waals surface area contributed by atoms with Crippen LogP contribution in [0.15, 0.2) is 24.5 Å². The molecule has 0 fully saturated rings. The molecule has 0 bridgehead atoms. The Hall–Kier alpha value is -1.46. The average Bonchev–Trinajstić information content (AvgIpc) is 2.73. The van der Waals surface area contributed by atoms with E-state index in [9.17, 15) is 4.39 Å². The summed E-state index contributed by atoms with van der Waals surface area (Å²) in [5.74, 6) is 0.120. The summed E-state index contributed by atoms with van der Waals surface area (Å²) < 4.78 is 14.8. The van der Waals surface area contributed by atoms with Crippen molar-refractivity contribution in [2.75, 3.05) is 0 Å². The third-order valence-corrected chi connectivity index (χ3v) is 2.75. The number of hydrogen-bond donors (Lipinski definition) is 1. The van der Waals surface area contributed by atoms with Gasteiger partial charge in [-0.15, -0.1) is 0 Å². The topological polar surface area (TPSA) is 56.7 Å². The van der Waals surface area contributed by atoms with E-state index in [-0.39, 0.29) is 11.1 Å². The summed E-state index contributed by atoms with van der Waals surface area (Å²) in [6.07, 6.45) is 1.56. The van der Waals surface area contributed by atoms with Crippen molar-refractivity contribution in [3.05, 3.63) is 46.8 Å². The van der Waals surface area contributed by atoms with Crippen molar-refractivity contribution >= 4 is 11.6 Å². The third-order valence-electron chi connectivity index (χ3n) is 2.33. The standard InChI is InChI=1S/C11H12ClFN4/c1-7(14)11-15-6-17(16-11)5-8-3-2-4-9(13)10(8)12/h2-4,6-7H,5,14H2,1H3. The summed E-state index contributed by atoms with van der Waals surface area (Å²) in [5.41, 5.74) is 6.31. The zero-order valence-electron chi connectivity index (χ0n) is 9.27. The molecule has 2 rings (SSSR count). The second-order valence-corrected chi connectivity index (χ2v) is 4.18. The molecule has 1 aromatic heterocycles. The predicted molar refractivity (Wildman–Crippen MR) is 63.1 cm³/mol. The maximum atomic E-state index is 13.2. The van der Waals surface area contributed by atoms with Crippen molar-refractivity contribution < 1.29 is 4.39 Å². The Morgan fingerprint density at radius 2 is 2.29 bits per heavy atom. The van der Waals surface area contributed by atoms with Crippen molar-refractivity contribution in [1.82, 2.24) is 14.8 Å². The first-order valence-corrected chi connectivity index (χ1v) is 5.53. The highest BCUT2D eigenvalue weighted by Crippen LogP contribution is 2.20. The van der Waals surface area contributed by atoms with Crippen LogP contribution in [-0.4, -0.2) is 14.8 Å². The molecule has 2 aromatic rings. The molecule has 0 spiro atoms. The van der Waals surface area contributed by atoms with Crippen molar-refractivity contribution in [2.45, 2.75) is 19.5 Å². The van der Waals surface area contributed by atoms with Gasteiger partial charge in [0.25, 0.3) is 0 Å². The van der Waals surface area contributed by atoms with Crippen LogP contribution in [-0.2, 0) is 6.54 Å². The van der Waals surface area contributed by atoms with Gasteiger partial charge in [0.2, 0.25) is 0 Å². The number of rotatable bonds is 3. The van der Waals surface area contributed by atoms with Gasteiger partial charge in [-0.2, -0.15) is 5.10 Å². The van der Waals surface area contributed by atoms with E-state index in [4.69, 9.17) is 17.3 Å². The van der Waals surface area contributed by atoms with Crippen molar-refractivity contribution in [1.29, 1.82) is 0 Å². The normalized spacial score (nSPS) is 12.7. The molecule has 1 atom stereocenters. The van der Waals surface area contributed by atoms with Crippen LogP contribution < -0.4 is 5.73 Å². The van der Waals surface area contributed by atoms with Gasteiger partial charge < -0.3 is 5.73 Å². The minimum Gasteiger partial charge on any atom is -0.321 e. The first-order valence-electron chi connectivity index (χ1n) is 5.15. The van der Waals surface area contributed by atoms with Crippen LogP contribution in [0.2, 0.25) is 5.02 Å². The van der Waals surface area contributed by atoms with E-state index < -0.39 is 5.82 Å². The number of hydrogen-bond acceptors (Lipinski definition) is 3. The quantitative estimate of drug-likeness (QED) is 0.913. The molecule has 90 valence electrons. The van der Waals surface area contributed by atoms with Gasteiger partial charge in [-0.3, -0.25) is 0 Å². The second kappa shape index (κ2) is 4.81. The lowest BCUT2D eigenvalue weighted by Crippen LogP contribution is -2.09. The molecule has 0 saturated heterocycles. The fourth-order valence-corrected chi connectivity index (χ4v) is 1.62. The number of halogens is 2. The SMILES string of the molecule is CC(N)c1ncn(Cc2cccc(F)c2Cl)n1. The van der Waals surface area contributed by atoms with Gasteiger partial charge in [-0.05, 0) is 18.6 Å². The van der Waals surface area contributed by atoms with Gasteiger partial charge in [-0.25, -0.2) is 14.1 Å². The lowest BCUT2D eigenvalue weighted by molar-refractivity contribution is 0.616. The summed E-state index contributed by atoms with van der Waals surface area (Å²) in [6.45, 7) is 2.17. The number of aromatic nitrogens is 3. The highest BCUT2D eigenvalue weighted by Gasteiger charge is 2.09. The zero-order valence-corrected chi connectivity index (χ0v) is 10.0. The minimum absolute atomic E-state index is 0.116. The van der Waals surface area contributed by atoms with Gasteiger partial charge in [0.1, 0.15) is 12.1 Å². The molecule has 0 saturated carbocycles. The molecule has 0 aliphatic heterocycles. The second-order valence-electron chi connectivity index (χ2n) is 3.80. The van der Waals surface area contributed by atoms with Crippen LogP contribution in [0.25, 0.3) is 0 Å². The molecule has 0 radical (unpaired) electrons. The molecule has 4 nitrogen and oxygen atoms in total. The van der Waals surface area contributed by atoms with Gasteiger partial charge in [0, 0.05) is 0 Å². The van der Waals surface area contributed by atoms with Gasteiger partial charge in [0.15, 0.2) is 5.82 Å². The molecule has 6 heteroatoms. The van der Waals surface area contributed by atoms with E-state index in [2.05, 4.69) is 10.1 Å². The van der Waals surface area contributed by atoms with Crippen molar-refractivity contribution in [3.8, 4) is 0 Å². The Morgan fingerprint density at radius 3 is 2.94 bits per heavy atom. The van der Waals surface area contributed by atoms with Crippen LogP contribution in [0.5, 0.6) is 0 Å². The maximum absolute atomic E-state index is 13.2. The van der Waals surface area contributed by atoms with Crippen LogP contribution in [0.1, 0.15) is 24.4 Å². The fourth-order valence-electron chi connectivity index (χ4n) is 1.44. The number of benzene rings is 1. The molecule has 1 unspecified atom stereocenters. The van der Waals surface area contributed by atoms with E-state index >= 15 is 0 Å². The van der Waals surface area contributed by atoms with Gasteiger partial charge in [0.05, 0.1) is 17.6 Å². The molecule has 0 aliphatic carbocycles.